The van der Waals surface area contributed by atoms with Gasteiger partial charge in [-0.2, -0.15) is 0 Å². The maximum absolute atomic E-state index is 12.0. The van der Waals surface area contributed by atoms with Crippen LogP contribution in [0.15, 0.2) is 24.3 Å². The molecule has 0 atom stereocenters. The van der Waals surface area contributed by atoms with Crippen molar-refractivity contribution in [1.29, 1.82) is 0 Å². The van der Waals surface area contributed by atoms with Crippen molar-refractivity contribution in [3.8, 4) is 0 Å². The maximum Gasteiger partial charge on any atom is 0.239 e. The van der Waals surface area contributed by atoms with Gasteiger partial charge < -0.3 is 15.4 Å². The van der Waals surface area contributed by atoms with Gasteiger partial charge in [0.25, 0.3) is 0 Å². The summed E-state index contributed by atoms with van der Waals surface area (Å²) in [7, 11) is 0. The maximum atomic E-state index is 12.0. The van der Waals surface area contributed by atoms with Gasteiger partial charge in [0.2, 0.25) is 5.91 Å². The molecule has 0 aliphatic carbocycles. The van der Waals surface area contributed by atoms with Crippen molar-refractivity contribution >= 4 is 11.6 Å². The van der Waals surface area contributed by atoms with Crippen LogP contribution < -0.4 is 10.6 Å². The average Bonchev–Trinajstić information content (AvgIpc) is 2.45. The molecule has 0 unspecified atom stereocenters. The van der Waals surface area contributed by atoms with Gasteiger partial charge in [0.1, 0.15) is 0 Å². The first-order chi connectivity index (χ1) is 9.97. The van der Waals surface area contributed by atoms with Gasteiger partial charge in [-0.15, -0.1) is 0 Å². The first-order valence-electron chi connectivity index (χ1n) is 7.67. The molecule has 21 heavy (non-hydrogen) atoms. The number of benzene rings is 1. The number of carbonyl (C=O) groups excluding carboxylic acids is 1. The molecule has 1 heterocycles. The lowest BCUT2D eigenvalue weighted by atomic mass is 9.86. The van der Waals surface area contributed by atoms with Gasteiger partial charge in [0.05, 0.1) is 6.54 Å². The minimum atomic E-state index is 0.0469. The SMILES string of the molecule is CC(C)(C)c1ccccc1NCC(=O)NC1CCOCC1. The molecule has 0 spiro atoms. The van der Waals surface area contributed by atoms with Crippen LogP contribution in [0.4, 0.5) is 5.69 Å². The van der Waals surface area contributed by atoms with E-state index in [0.717, 1.165) is 31.7 Å². The summed E-state index contributed by atoms with van der Waals surface area (Å²) in [6.07, 6.45) is 1.81. The number of rotatable bonds is 4. The first-order valence-corrected chi connectivity index (χ1v) is 7.67. The molecule has 0 saturated carbocycles. The van der Waals surface area contributed by atoms with Gasteiger partial charge in [0.15, 0.2) is 0 Å². The van der Waals surface area contributed by atoms with Gasteiger partial charge in [-0.3, -0.25) is 4.79 Å². The molecule has 2 N–H and O–H groups in total. The van der Waals surface area contributed by atoms with Gasteiger partial charge in [0, 0.05) is 24.9 Å². The molecular formula is C17H26N2O2. The minimum absolute atomic E-state index is 0.0469. The van der Waals surface area contributed by atoms with Crippen LogP contribution in [0.1, 0.15) is 39.2 Å². The summed E-state index contributed by atoms with van der Waals surface area (Å²) in [6, 6.07) is 8.42. The van der Waals surface area contributed by atoms with E-state index < -0.39 is 0 Å². The number of para-hydroxylation sites is 1. The van der Waals surface area contributed by atoms with Crippen molar-refractivity contribution in [2.75, 3.05) is 25.1 Å². The average molecular weight is 290 g/mol. The second-order valence-corrected chi connectivity index (χ2v) is 6.60. The number of carbonyl (C=O) groups is 1. The topological polar surface area (TPSA) is 50.4 Å². The van der Waals surface area contributed by atoms with Crippen LogP contribution in [0.25, 0.3) is 0 Å². The van der Waals surface area contributed by atoms with Crippen LogP contribution in [0.5, 0.6) is 0 Å². The van der Waals surface area contributed by atoms with E-state index in [2.05, 4.69) is 37.5 Å². The van der Waals surface area contributed by atoms with Crippen LogP contribution in [0.3, 0.4) is 0 Å². The van der Waals surface area contributed by atoms with Crippen molar-refractivity contribution in [2.45, 2.75) is 45.1 Å². The highest BCUT2D eigenvalue weighted by molar-refractivity contribution is 5.81. The normalized spacial score (nSPS) is 16.5. The Balaban J connectivity index is 1.89. The Morgan fingerprint density at radius 2 is 1.90 bits per heavy atom. The molecule has 4 heteroatoms. The fourth-order valence-electron chi connectivity index (χ4n) is 2.59. The largest absolute Gasteiger partial charge is 0.381 e. The molecule has 4 nitrogen and oxygen atoms in total. The fourth-order valence-corrected chi connectivity index (χ4v) is 2.59. The van der Waals surface area contributed by atoms with Crippen molar-refractivity contribution in [2.24, 2.45) is 0 Å². The number of ether oxygens (including phenoxy) is 1. The Kier molecular flexibility index (Phi) is 5.23. The zero-order chi connectivity index (χ0) is 15.3. The molecule has 1 fully saturated rings. The Morgan fingerprint density at radius 1 is 1.24 bits per heavy atom. The van der Waals surface area contributed by atoms with Crippen molar-refractivity contribution < 1.29 is 9.53 Å². The van der Waals surface area contributed by atoms with Crippen LogP contribution >= 0.6 is 0 Å². The summed E-state index contributed by atoms with van der Waals surface area (Å²) in [5, 5.41) is 6.33. The van der Waals surface area contributed by atoms with Crippen molar-refractivity contribution in [3.63, 3.8) is 0 Å². The number of hydrogen-bond acceptors (Lipinski definition) is 3. The molecule has 1 aromatic carbocycles. The first kappa shape index (κ1) is 15.8. The third-order valence-corrected chi connectivity index (χ3v) is 3.76. The molecule has 1 aliphatic heterocycles. The summed E-state index contributed by atoms with van der Waals surface area (Å²) < 4.78 is 5.30. The highest BCUT2D eigenvalue weighted by Crippen LogP contribution is 2.28. The number of hydrogen-bond donors (Lipinski definition) is 2. The Labute approximate surface area is 127 Å². The standard InChI is InChI=1S/C17H26N2O2/c1-17(2,3)14-6-4-5-7-15(14)18-12-16(20)19-13-8-10-21-11-9-13/h4-7,13,18H,8-12H2,1-3H3,(H,19,20). The van der Waals surface area contributed by atoms with Crippen LogP contribution in [-0.4, -0.2) is 31.7 Å². The molecule has 0 radical (unpaired) electrons. The Hall–Kier alpha value is -1.55. The van der Waals surface area contributed by atoms with Gasteiger partial charge >= 0.3 is 0 Å². The quantitative estimate of drug-likeness (QED) is 0.896. The highest BCUT2D eigenvalue weighted by Gasteiger charge is 2.19. The smallest absolute Gasteiger partial charge is 0.239 e. The second kappa shape index (κ2) is 6.94. The lowest BCUT2D eigenvalue weighted by Crippen LogP contribution is -2.41. The second-order valence-electron chi connectivity index (χ2n) is 6.60. The number of nitrogens with one attached hydrogen (secondary N) is 2. The van der Waals surface area contributed by atoms with Crippen LogP contribution in [0, 0.1) is 0 Å². The van der Waals surface area contributed by atoms with E-state index >= 15 is 0 Å². The number of anilines is 1. The van der Waals surface area contributed by atoms with Gasteiger partial charge in [-0.25, -0.2) is 0 Å². The van der Waals surface area contributed by atoms with Crippen LogP contribution in [0.2, 0.25) is 0 Å². The zero-order valence-electron chi connectivity index (χ0n) is 13.2. The third kappa shape index (κ3) is 4.74. The van der Waals surface area contributed by atoms with Gasteiger partial charge in [-0.1, -0.05) is 39.0 Å². The molecule has 1 saturated heterocycles. The Bertz CT molecular complexity index is 474. The molecule has 1 amide bonds. The van der Waals surface area contributed by atoms with Gasteiger partial charge in [-0.05, 0) is 29.9 Å². The lowest BCUT2D eigenvalue weighted by molar-refractivity contribution is -0.120. The third-order valence-electron chi connectivity index (χ3n) is 3.76. The molecule has 1 aliphatic rings. The van der Waals surface area contributed by atoms with E-state index in [-0.39, 0.29) is 17.4 Å². The summed E-state index contributed by atoms with van der Waals surface area (Å²) in [5.41, 5.74) is 2.32. The molecule has 0 aromatic heterocycles. The molecule has 1 aromatic rings. The van der Waals surface area contributed by atoms with E-state index in [4.69, 9.17) is 4.74 Å². The highest BCUT2D eigenvalue weighted by atomic mass is 16.5. The Morgan fingerprint density at radius 3 is 2.57 bits per heavy atom. The van der Waals surface area contributed by atoms with E-state index in [1.807, 2.05) is 18.2 Å². The molecule has 0 bridgehead atoms. The zero-order valence-corrected chi connectivity index (χ0v) is 13.2. The molecular weight excluding hydrogens is 264 g/mol. The summed E-state index contributed by atoms with van der Waals surface area (Å²) >= 11 is 0. The summed E-state index contributed by atoms with van der Waals surface area (Å²) in [4.78, 5) is 12.0. The number of amides is 1. The van der Waals surface area contributed by atoms with E-state index in [1.165, 1.54) is 5.56 Å². The van der Waals surface area contributed by atoms with E-state index in [0.29, 0.717) is 6.54 Å². The van der Waals surface area contributed by atoms with E-state index in [1.54, 1.807) is 0 Å². The fraction of sp³-hybridized carbons (Fsp3) is 0.588. The predicted octanol–water partition coefficient (Wildman–Crippen LogP) is 2.69. The minimum Gasteiger partial charge on any atom is -0.381 e. The monoisotopic (exact) mass is 290 g/mol. The summed E-state index contributed by atoms with van der Waals surface area (Å²) in [5.74, 6) is 0.0469. The predicted molar refractivity (Wildman–Crippen MR) is 85.6 cm³/mol. The van der Waals surface area contributed by atoms with Crippen molar-refractivity contribution in [3.05, 3.63) is 29.8 Å². The van der Waals surface area contributed by atoms with Crippen molar-refractivity contribution in [1.82, 2.24) is 5.32 Å². The van der Waals surface area contributed by atoms with Crippen LogP contribution in [-0.2, 0) is 14.9 Å². The molecule has 2 rings (SSSR count). The molecule has 116 valence electrons. The lowest BCUT2D eigenvalue weighted by Gasteiger charge is -2.25. The van der Waals surface area contributed by atoms with E-state index in [9.17, 15) is 4.79 Å². The summed E-state index contributed by atoms with van der Waals surface area (Å²) in [6.45, 7) is 8.32.